The SMILES string of the molecule is COC(=O)[C@]12C=C(C)CC[C@@H]1C(C)(C)C(=O)CC2. The Morgan fingerprint density at radius 1 is 1.39 bits per heavy atom. The first-order valence-corrected chi connectivity index (χ1v) is 6.64. The minimum Gasteiger partial charge on any atom is -0.468 e. The maximum absolute atomic E-state index is 12.3. The standard InChI is InChI=1S/C15H22O3/c1-10-5-6-11-14(2,3)12(16)7-8-15(11,9-10)13(17)18-4/h9,11H,5-8H2,1-4H3/t11-,15-/m1/s1. The second-order valence-electron chi connectivity index (χ2n) is 6.26. The molecule has 0 bridgehead atoms. The Bertz CT molecular complexity index is 419. The molecule has 2 rings (SSSR count). The Kier molecular flexibility index (Phi) is 3.12. The van der Waals surface area contributed by atoms with E-state index in [1.165, 1.54) is 12.7 Å². The lowest BCUT2D eigenvalue weighted by atomic mass is 9.52. The molecule has 0 radical (unpaired) electrons. The molecule has 3 heteroatoms. The third-order valence-electron chi connectivity index (χ3n) is 4.87. The molecular weight excluding hydrogens is 228 g/mol. The Hall–Kier alpha value is -1.12. The highest BCUT2D eigenvalue weighted by Gasteiger charge is 2.57. The van der Waals surface area contributed by atoms with Gasteiger partial charge in [-0.05, 0) is 32.1 Å². The highest BCUT2D eigenvalue weighted by molar-refractivity contribution is 5.90. The summed E-state index contributed by atoms with van der Waals surface area (Å²) in [5.74, 6) is 0.175. The van der Waals surface area contributed by atoms with Crippen LogP contribution in [-0.2, 0) is 14.3 Å². The quantitative estimate of drug-likeness (QED) is 0.531. The fraction of sp³-hybridized carbons (Fsp3) is 0.733. The Morgan fingerprint density at radius 3 is 2.67 bits per heavy atom. The lowest BCUT2D eigenvalue weighted by Gasteiger charge is -2.50. The van der Waals surface area contributed by atoms with Crippen molar-refractivity contribution in [2.45, 2.75) is 46.5 Å². The molecule has 18 heavy (non-hydrogen) atoms. The summed E-state index contributed by atoms with van der Waals surface area (Å²) in [6, 6.07) is 0. The molecule has 0 aromatic rings. The van der Waals surface area contributed by atoms with Crippen LogP contribution in [0.25, 0.3) is 0 Å². The van der Waals surface area contributed by atoms with Gasteiger partial charge >= 0.3 is 5.97 Å². The minimum absolute atomic E-state index is 0.0717. The number of rotatable bonds is 1. The second kappa shape index (κ2) is 4.22. The predicted octanol–water partition coefficient (Wildman–Crippen LogP) is 2.89. The zero-order valence-electron chi connectivity index (χ0n) is 11.7. The summed E-state index contributed by atoms with van der Waals surface area (Å²) in [4.78, 5) is 24.4. The first-order chi connectivity index (χ1) is 8.34. The van der Waals surface area contributed by atoms with Gasteiger partial charge in [-0.2, -0.15) is 0 Å². The lowest BCUT2D eigenvalue weighted by molar-refractivity contribution is -0.163. The molecule has 2 aliphatic rings. The van der Waals surface area contributed by atoms with Crippen molar-refractivity contribution in [3.63, 3.8) is 0 Å². The Balaban J connectivity index is 2.52. The van der Waals surface area contributed by atoms with Gasteiger partial charge in [-0.25, -0.2) is 0 Å². The molecule has 0 amide bonds. The highest BCUT2D eigenvalue weighted by atomic mass is 16.5. The number of fused-ring (bicyclic) bond motifs is 1. The average Bonchev–Trinajstić information content (AvgIpc) is 2.33. The van der Waals surface area contributed by atoms with Crippen LogP contribution in [0.4, 0.5) is 0 Å². The summed E-state index contributed by atoms with van der Waals surface area (Å²) in [5, 5.41) is 0. The van der Waals surface area contributed by atoms with Gasteiger partial charge in [-0.1, -0.05) is 25.5 Å². The van der Waals surface area contributed by atoms with E-state index >= 15 is 0 Å². The summed E-state index contributed by atoms with van der Waals surface area (Å²) in [6.07, 6.45) is 5.02. The maximum atomic E-state index is 12.3. The van der Waals surface area contributed by atoms with Gasteiger partial charge < -0.3 is 4.74 Å². The Morgan fingerprint density at radius 2 is 2.06 bits per heavy atom. The van der Waals surface area contributed by atoms with E-state index in [9.17, 15) is 9.59 Å². The number of hydrogen-bond acceptors (Lipinski definition) is 3. The zero-order valence-corrected chi connectivity index (χ0v) is 11.7. The van der Waals surface area contributed by atoms with E-state index in [1.54, 1.807) is 0 Å². The molecule has 2 aliphatic carbocycles. The van der Waals surface area contributed by atoms with Crippen molar-refractivity contribution < 1.29 is 14.3 Å². The van der Waals surface area contributed by atoms with Gasteiger partial charge in [0.25, 0.3) is 0 Å². The van der Waals surface area contributed by atoms with Crippen LogP contribution in [0, 0.1) is 16.7 Å². The number of Topliss-reactive ketones (excluding diaryl/α,β-unsaturated/α-hetero) is 1. The third kappa shape index (κ3) is 1.72. The molecule has 0 aromatic heterocycles. The predicted molar refractivity (Wildman–Crippen MR) is 69.0 cm³/mol. The van der Waals surface area contributed by atoms with Crippen LogP contribution in [0.2, 0.25) is 0 Å². The molecule has 0 spiro atoms. The fourth-order valence-corrected chi connectivity index (χ4v) is 3.82. The zero-order chi connectivity index (χ0) is 13.6. The van der Waals surface area contributed by atoms with Crippen LogP contribution in [0.3, 0.4) is 0 Å². The van der Waals surface area contributed by atoms with E-state index in [0.717, 1.165) is 12.8 Å². The molecule has 0 aromatic carbocycles. The minimum atomic E-state index is -0.575. The van der Waals surface area contributed by atoms with Crippen molar-refractivity contribution in [1.82, 2.24) is 0 Å². The van der Waals surface area contributed by atoms with Crippen molar-refractivity contribution in [3.8, 4) is 0 Å². The van der Waals surface area contributed by atoms with Gasteiger partial charge in [0, 0.05) is 11.8 Å². The van der Waals surface area contributed by atoms with Crippen molar-refractivity contribution in [2.24, 2.45) is 16.7 Å². The van der Waals surface area contributed by atoms with Gasteiger partial charge in [0.2, 0.25) is 0 Å². The largest absolute Gasteiger partial charge is 0.468 e. The van der Waals surface area contributed by atoms with Crippen LogP contribution in [0.1, 0.15) is 46.5 Å². The molecule has 0 saturated heterocycles. The molecule has 1 saturated carbocycles. The van der Waals surface area contributed by atoms with E-state index in [-0.39, 0.29) is 17.7 Å². The number of carbonyl (C=O) groups is 2. The summed E-state index contributed by atoms with van der Waals surface area (Å²) in [7, 11) is 1.44. The lowest BCUT2D eigenvalue weighted by Crippen LogP contribution is -2.53. The van der Waals surface area contributed by atoms with Gasteiger partial charge in [0.05, 0.1) is 12.5 Å². The summed E-state index contributed by atoms with van der Waals surface area (Å²) >= 11 is 0. The Labute approximate surface area is 109 Å². The van der Waals surface area contributed by atoms with E-state index in [2.05, 4.69) is 13.0 Å². The molecule has 100 valence electrons. The van der Waals surface area contributed by atoms with E-state index in [0.29, 0.717) is 12.8 Å². The summed E-state index contributed by atoms with van der Waals surface area (Å²) in [5.41, 5.74) is 0.236. The highest BCUT2D eigenvalue weighted by Crippen LogP contribution is 2.55. The number of methoxy groups -OCH3 is 1. The number of ketones is 1. The van der Waals surface area contributed by atoms with Crippen molar-refractivity contribution in [1.29, 1.82) is 0 Å². The van der Waals surface area contributed by atoms with Crippen molar-refractivity contribution in [3.05, 3.63) is 11.6 Å². The molecule has 0 N–H and O–H groups in total. The van der Waals surface area contributed by atoms with Crippen molar-refractivity contribution in [2.75, 3.05) is 7.11 Å². The number of hydrogen-bond donors (Lipinski definition) is 0. The fourth-order valence-electron chi connectivity index (χ4n) is 3.82. The number of esters is 1. The molecule has 3 nitrogen and oxygen atoms in total. The molecule has 0 heterocycles. The monoisotopic (exact) mass is 250 g/mol. The van der Waals surface area contributed by atoms with Crippen LogP contribution in [0.5, 0.6) is 0 Å². The summed E-state index contributed by atoms with van der Waals surface area (Å²) < 4.78 is 5.03. The second-order valence-corrected chi connectivity index (χ2v) is 6.26. The van der Waals surface area contributed by atoms with E-state index in [1.807, 2.05) is 13.8 Å². The van der Waals surface area contributed by atoms with E-state index in [4.69, 9.17) is 4.74 Å². The average molecular weight is 250 g/mol. The molecular formula is C15H22O3. The molecule has 0 aliphatic heterocycles. The molecule has 2 atom stereocenters. The van der Waals surface area contributed by atoms with Gasteiger partial charge in [-0.3, -0.25) is 9.59 Å². The van der Waals surface area contributed by atoms with Gasteiger partial charge in [0.1, 0.15) is 5.78 Å². The topological polar surface area (TPSA) is 43.4 Å². The smallest absolute Gasteiger partial charge is 0.315 e. The van der Waals surface area contributed by atoms with Crippen LogP contribution < -0.4 is 0 Å². The summed E-state index contributed by atoms with van der Waals surface area (Å²) in [6.45, 7) is 6.01. The molecule has 0 unspecified atom stereocenters. The maximum Gasteiger partial charge on any atom is 0.315 e. The van der Waals surface area contributed by atoms with Gasteiger partial charge in [0.15, 0.2) is 0 Å². The number of allylic oxidation sites excluding steroid dienone is 1. The van der Waals surface area contributed by atoms with Crippen LogP contribution in [0.15, 0.2) is 11.6 Å². The van der Waals surface area contributed by atoms with Crippen LogP contribution >= 0.6 is 0 Å². The normalized spacial score (nSPS) is 34.6. The van der Waals surface area contributed by atoms with Crippen LogP contribution in [-0.4, -0.2) is 18.9 Å². The first-order valence-electron chi connectivity index (χ1n) is 6.64. The molecule has 1 fully saturated rings. The van der Waals surface area contributed by atoms with E-state index < -0.39 is 10.8 Å². The van der Waals surface area contributed by atoms with Gasteiger partial charge in [-0.15, -0.1) is 0 Å². The first kappa shape index (κ1) is 13.3. The number of carbonyl (C=O) groups excluding carboxylic acids is 2. The third-order valence-corrected chi connectivity index (χ3v) is 4.87. The van der Waals surface area contributed by atoms with Crippen molar-refractivity contribution >= 4 is 11.8 Å². The number of ether oxygens (including phenoxy) is 1.